The molecule has 5 heteroatoms. The molecule has 1 aliphatic heterocycles. The van der Waals surface area contributed by atoms with Gasteiger partial charge in [-0.3, -0.25) is 9.78 Å². The van der Waals surface area contributed by atoms with Crippen LogP contribution in [0.4, 0.5) is 5.69 Å². The molecule has 1 fully saturated rings. The maximum Gasteiger partial charge on any atom is 0.272 e. The zero-order valence-electron chi connectivity index (χ0n) is 11.0. The molecule has 0 spiro atoms. The van der Waals surface area contributed by atoms with E-state index in [1.807, 2.05) is 31.9 Å². The largest absolute Gasteiger partial charge is 0.388 e. The minimum Gasteiger partial charge on any atom is -0.388 e. The van der Waals surface area contributed by atoms with Gasteiger partial charge in [-0.15, -0.1) is 0 Å². The fourth-order valence-electron chi connectivity index (χ4n) is 2.04. The first-order chi connectivity index (χ1) is 8.61. The normalized spacial score (nSPS) is 23.8. The third kappa shape index (κ3) is 2.61. The number of nitrogens with zero attached hydrogens (tertiary/aromatic N) is 2. The summed E-state index contributed by atoms with van der Waals surface area (Å²) in [5.41, 5.74) is 1.37. The molecule has 2 rings (SSSR count). The number of amides is 1. The molecule has 2 unspecified atom stereocenters. The molecule has 1 saturated heterocycles. The highest BCUT2D eigenvalue weighted by Crippen LogP contribution is 2.16. The molecule has 2 heterocycles. The zero-order valence-corrected chi connectivity index (χ0v) is 11.0. The maximum atomic E-state index is 12.4. The standard InChI is InChI=1S/C13H19N3O2/c1-9-8-18-10(2)7-16(9)13(17)12-6-11(14-3)4-5-15-12/h4-6,9-10H,7-8H2,1-3H3,(H,14,15). The van der Waals surface area contributed by atoms with Crippen LogP contribution in [0.1, 0.15) is 24.3 Å². The predicted octanol–water partition coefficient (Wildman–Crippen LogP) is 1.37. The molecule has 5 nitrogen and oxygen atoms in total. The van der Waals surface area contributed by atoms with Crippen molar-refractivity contribution in [3.05, 3.63) is 24.0 Å². The Bertz CT molecular complexity index is 436. The lowest BCUT2D eigenvalue weighted by Crippen LogP contribution is -2.50. The molecule has 0 aliphatic carbocycles. The van der Waals surface area contributed by atoms with E-state index in [9.17, 15) is 4.79 Å². The van der Waals surface area contributed by atoms with Crippen molar-refractivity contribution in [2.24, 2.45) is 0 Å². The number of carbonyl (C=O) groups is 1. The highest BCUT2D eigenvalue weighted by Gasteiger charge is 2.28. The monoisotopic (exact) mass is 249 g/mol. The first-order valence-electron chi connectivity index (χ1n) is 6.18. The average Bonchev–Trinajstić information content (AvgIpc) is 2.41. The van der Waals surface area contributed by atoms with Crippen molar-refractivity contribution in [3.63, 3.8) is 0 Å². The second kappa shape index (κ2) is 5.35. The maximum absolute atomic E-state index is 12.4. The van der Waals surface area contributed by atoms with Crippen LogP contribution >= 0.6 is 0 Å². The molecule has 0 bridgehead atoms. The number of carbonyl (C=O) groups excluding carboxylic acids is 1. The summed E-state index contributed by atoms with van der Waals surface area (Å²) < 4.78 is 5.52. The lowest BCUT2D eigenvalue weighted by atomic mass is 10.2. The van der Waals surface area contributed by atoms with Crippen molar-refractivity contribution in [1.82, 2.24) is 9.88 Å². The Morgan fingerprint density at radius 2 is 2.33 bits per heavy atom. The quantitative estimate of drug-likeness (QED) is 0.860. The molecule has 18 heavy (non-hydrogen) atoms. The minimum absolute atomic E-state index is 0.0326. The summed E-state index contributed by atoms with van der Waals surface area (Å²) in [5.74, 6) is -0.0326. The number of rotatable bonds is 2. The van der Waals surface area contributed by atoms with Crippen LogP contribution in [0.5, 0.6) is 0 Å². The summed E-state index contributed by atoms with van der Waals surface area (Å²) in [6, 6.07) is 3.70. The van der Waals surface area contributed by atoms with E-state index >= 15 is 0 Å². The van der Waals surface area contributed by atoms with Crippen LogP contribution in [0.2, 0.25) is 0 Å². The molecule has 1 N–H and O–H groups in total. The number of nitrogens with one attached hydrogen (secondary N) is 1. The van der Waals surface area contributed by atoms with E-state index in [0.717, 1.165) is 5.69 Å². The first-order valence-corrected chi connectivity index (χ1v) is 6.18. The van der Waals surface area contributed by atoms with Crippen molar-refractivity contribution >= 4 is 11.6 Å². The van der Waals surface area contributed by atoms with Gasteiger partial charge in [0.1, 0.15) is 5.69 Å². The van der Waals surface area contributed by atoms with E-state index in [4.69, 9.17) is 4.74 Å². The first kappa shape index (κ1) is 12.8. The van der Waals surface area contributed by atoms with Crippen LogP contribution in [-0.2, 0) is 4.74 Å². The van der Waals surface area contributed by atoms with E-state index in [1.165, 1.54) is 0 Å². The van der Waals surface area contributed by atoms with Gasteiger partial charge in [0.2, 0.25) is 0 Å². The van der Waals surface area contributed by atoms with E-state index in [1.54, 1.807) is 12.3 Å². The Kier molecular flexibility index (Phi) is 3.81. The molecule has 0 saturated carbocycles. The fourth-order valence-corrected chi connectivity index (χ4v) is 2.04. The second-order valence-electron chi connectivity index (χ2n) is 4.63. The molecule has 0 radical (unpaired) electrons. The Labute approximate surface area is 107 Å². The molecular weight excluding hydrogens is 230 g/mol. The second-order valence-corrected chi connectivity index (χ2v) is 4.63. The topological polar surface area (TPSA) is 54.5 Å². The summed E-state index contributed by atoms with van der Waals surface area (Å²) in [6.45, 7) is 5.17. The Hall–Kier alpha value is -1.62. The van der Waals surface area contributed by atoms with Crippen molar-refractivity contribution in [2.75, 3.05) is 25.5 Å². The van der Waals surface area contributed by atoms with Gasteiger partial charge in [-0.25, -0.2) is 0 Å². The van der Waals surface area contributed by atoms with Crippen LogP contribution in [0.15, 0.2) is 18.3 Å². The van der Waals surface area contributed by atoms with Crippen molar-refractivity contribution in [2.45, 2.75) is 26.0 Å². The highest BCUT2D eigenvalue weighted by molar-refractivity contribution is 5.93. The molecule has 1 aromatic heterocycles. The number of ether oxygens (including phenoxy) is 1. The molecule has 2 atom stereocenters. The fraction of sp³-hybridized carbons (Fsp3) is 0.538. The van der Waals surface area contributed by atoms with E-state index < -0.39 is 0 Å². The number of aromatic nitrogens is 1. The van der Waals surface area contributed by atoms with E-state index in [0.29, 0.717) is 18.8 Å². The number of morpholine rings is 1. The lowest BCUT2D eigenvalue weighted by Gasteiger charge is -2.36. The Morgan fingerprint density at radius 3 is 3.06 bits per heavy atom. The summed E-state index contributed by atoms with van der Waals surface area (Å²) in [4.78, 5) is 18.4. The van der Waals surface area contributed by atoms with Crippen molar-refractivity contribution < 1.29 is 9.53 Å². The van der Waals surface area contributed by atoms with Gasteiger partial charge in [0.05, 0.1) is 18.8 Å². The van der Waals surface area contributed by atoms with Gasteiger partial charge in [0.15, 0.2) is 0 Å². The molecule has 0 aromatic carbocycles. The van der Waals surface area contributed by atoms with Gasteiger partial charge < -0.3 is 15.0 Å². The van der Waals surface area contributed by atoms with Crippen LogP contribution < -0.4 is 5.32 Å². The van der Waals surface area contributed by atoms with Crippen LogP contribution in [0.25, 0.3) is 0 Å². The van der Waals surface area contributed by atoms with E-state index in [-0.39, 0.29) is 18.1 Å². The molecule has 1 aliphatic rings. The number of anilines is 1. The van der Waals surface area contributed by atoms with Gasteiger partial charge in [0.25, 0.3) is 5.91 Å². The Balaban J connectivity index is 2.18. The van der Waals surface area contributed by atoms with Crippen molar-refractivity contribution in [3.8, 4) is 0 Å². The Morgan fingerprint density at radius 1 is 1.56 bits per heavy atom. The van der Waals surface area contributed by atoms with Gasteiger partial charge >= 0.3 is 0 Å². The SMILES string of the molecule is CNc1ccnc(C(=O)N2CC(C)OCC2C)c1. The number of hydrogen-bond acceptors (Lipinski definition) is 4. The lowest BCUT2D eigenvalue weighted by molar-refractivity contribution is -0.0389. The molecular formula is C13H19N3O2. The average molecular weight is 249 g/mol. The van der Waals surface area contributed by atoms with Crippen LogP contribution in [0.3, 0.4) is 0 Å². The summed E-state index contributed by atoms with van der Waals surface area (Å²) >= 11 is 0. The molecule has 1 aromatic rings. The molecule has 1 amide bonds. The van der Waals surface area contributed by atoms with E-state index in [2.05, 4.69) is 10.3 Å². The van der Waals surface area contributed by atoms with Gasteiger partial charge in [-0.05, 0) is 26.0 Å². The predicted molar refractivity (Wildman–Crippen MR) is 69.7 cm³/mol. The van der Waals surface area contributed by atoms with Crippen LogP contribution in [0, 0.1) is 0 Å². The minimum atomic E-state index is -0.0326. The van der Waals surface area contributed by atoms with Gasteiger partial charge in [-0.2, -0.15) is 0 Å². The smallest absolute Gasteiger partial charge is 0.272 e. The molecule has 98 valence electrons. The van der Waals surface area contributed by atoms with Gasteiger partial charge in [0, 0.05) is 25.5 Å². The third-order valence-electron chi connectivity index (χ3n) is 3.14. The number of hydrogen-bond donors (Lipinski definition) is 1. The van der Waals surface area contributed by atoms with Gasteiger partial charge in [-0.1, -0.05) is 0 Å². The third-order valence-corrected chi connectivity index (χ3v) is 3.14. The highest BCUT2D eigenvalue weighted by atomic mass is 16.5. The summed E-state index contributed by atoms with van der Waals surface area (Å²) in [5, 5.41) is 3.01. The summed E-state index contributed by atoms with van der Waals surface area (Å²) in [7, 11) is 1.82. The number of pyridine rings is 1. The zero-order chi connectivity index (χ0) is 13.1. The summed E-state index contributed by atoms with van der Waals surface area (Å²) in [6.07, 6.45) is 1.73. The van der Waals surface area contributed by atoms with Crippen molar-refractivity contribution in [1.29, 1.82) is 0 Å². The van der Waals surface area contributed by atoms with Crippen LogP contribution in [-0.4, -0.2) is 48.1 Å².